The average molecular weight is 490 g/mol. The van der Waals surface area contributed by atoms with Crippen molar-refractivity contribution in [2.24, 2.45) is 5.92 Å². The van der Waals surface area contributed by atoms with Gasteiger partial charge in [0.2, 0.25) is 0 Å². The van der Waals surface area contributed by atoms with E-state index < -0.39 is 0 Å². The summed E-state index contributed by atoms with van der Waals surface area (Å²) in [7, 11) is 0. The maximum Gasteiger partial charge on any atom is 0 e. The molecule has 0 heterocycles. The molecule has 138 valence electrons. The predicted molar refractivity (Wildman–Crippen MR) is 110 cm³/mol. The monoisotopic (exact) mass is 491 g/mol. The second kappa shape index (κ2) is 18.5. The van der Waals surface area contributed by atoms with E-state index in [-0.39, 0.29) is 63.0 Å². The summed E-state index contributed by atoms with van der Waals surface area (Å²) in [5.74, 6) is 1.29. The van der Waals surface area contributed by atoms with Crippen LogP contribution in [0.1, 0.15) is 37.3 Å². The molecule has 0 spiro atoms. The van der Waals surface area contributed by atoms with Crippen molar-refractivity contribution < 1.29 is 25.8 Å². The topological polar surface area (TPSA) is 0 Å². The number of hydrogen-bond donors (Lipinski definition) is 0. The third-order valence-electron chi connectivity index (χ3n) is 3.07. The van der Waals surface area contributed by atoms with Gasteiger partial charge in [-0.25, -0.2) is 18.2 Å². The first-order valence-electron chi connectivity index (χ1n) is 6.62. The number of allylic oxidation sites excluding steroid dienone is 1. The molecule has 24 heavy (non-hydrogen) atoms. The summed E-state index contributed by atoms with van der Waals surface area (Å²) in [4.78, 5) is 0. The van der Waals surface area contributed by atoms with Crippen LogP contribution in [0.15, 0.2) is 54.6 Å². The molecule has 0 aromatic heterocycles. The first kappa shape index (κ1) is 34.5. The van der Waals surface area contributed by atoms with Gasteiger partial charge in [-0.15, -0.1) is 11.6 Å². The number of fused-ring (bicyclic) bond motifs is 1. The molecule has 0 radical (unpaired) electrons. The van der Waals surface area contributed by atoms with Crippen molar-refractivity contribution in [3.05, 3.63) is 109 Å². The molecule has 2 aromatic carbocycles. The Kier molecular flexibility index (Phi) is 26.6. The van der Waals surface area contributed by atoms with Gasteiger partial charge in [0.1, 0.15) is 0 Å². The molecule has 0 nitrogen and oxygen atoms in total. The van der Waals surface area contributed by atoms with Crippen molar-refractivity contribution in [2.45, 2.75) is 26.2 Å². The Morgan fingerprint density at radius 3 is 1.92 bits per heavy atom. The third-order valence-corrected chi connectivity index (χ3v) is 3.07. The Morgan fingerprint density at radius 1 is 0.917 bits per heavy atom. The Balaban J connectivity index is -0.0000000973. The molecular weight excluding hydrogens is 455 g/mol. The normalized spacial score (nSPS) is 12.2. The minimum atomic E-state index is 0. The van der Waals surface area contributed by atoms with E-state index in [1.165, 1.54) is 17.5 Å². The van der Waals surface area contributed by atoms with Gasteiger partial charge in [-0.3, -0.25) is 6.08 Å². The SMILES string of the molecule is CC(C)CC1[C-]=Cc2ccccc21.[CH3-].[CH3-].[CH3-].[CH3-].[CH3-].[Hf].c1cc[cH-]c1. The molecule has 0 N–H and O–H groups in total. The smallest absolute Gasteiger partial charge is 0 e. The van der Waals surface area contributed by atoms with Crippen LogP contribution in [-0.4, -0.2) is 0 Å². The van der Waals surface area contributed by atoms with E-state index in [4.69, 9.17) is 0 Å². The number of hydrogen-bond acceptors (Lipinski definition) is 0. The van der Waals surface area contributed by atoms with E-state index in [1.807, 2.05) is 30.3 Å². The standard InChI is InChI=1S/C13H15.C5H5.5CH3.Hf/c1-10(2)9-12-8-7-11-5-3-4-6-13(11)12;1-2-4-5-3-1;;;;;;/h3-7,10,12H,9H2,1-2H3;1-5H;5*1H3;/q7*-1;. The van der Waals surface area contributed by atoms with Crippen molar-refractivity contribution in [3.8, 4) is 0 Å². The second-order valence-corrected chi connectivity index (χ2v) is 5.08. The molecule has 0 bridgehead atoms. The fourth-order valence-corrected chi connectivity index (χ4v) is 2.23. The molecule has 1 aliphatic carbocycles. The van der Waals surface area contributed by atoms with Crippen molar-refractivity contribution in [2.75, 3.05) is 0 Å². The fourth-order valence-electron chi connectivity index (χ4n) is 2.23. The molecule has 1 aliphatic rings. The van der Waals surface area contributed by atoms with Gasteiger partial charge in [-0.2, -0.15) is 23.8 Å². The van der Waals surface area contributed by atoms with E-state index >= 15 is 0 Å². The molecule has 0 amide bonds. The van der Waals surface area contributed by atoms with Crippen LogP contribution < -0.4 is 0 Å². The number of rotatable bonds is 2. The summed E-state index contributed by atoms with van der Waals surface area (Å²) < 4.78 is 0. The summed E-state index contributed by atoms with van der Waals surface area (Å²) >= 11 is 0. The summed E-state index contributed by atoms with van der Waals surface area (Å²) in [5.41, 5.74) is 2.81. The summed E-state index contributed by atoms with van der Waals surface area (Å²) in [6, 6.07) is 18.6. The van der Waals surface area contributed by atoms with Crippen LogP contribution in [0.2, 0.25) is 0 Å². The van der Waals surface area contributed by atoms with Gasteiger partial charge in [0.05, 0.1) is 0 Å². The summed E-state index contributed by atoms with van der Waals surface area (Å²) in [6.45, 7) is 4.53. The van der Waals surface area contributed by atoms with Gasteiger partial charge in [-0.1, -0.05) is 44.4 Å². The maximum absolute atomic E-state index is 3.43. The molecule has 1 unspecified atom stereocenters. The first-order chi connectivity index (χ1) is 8.77. The first-order valence-corrected chi connectivity index (χ1v) is 6.62. The third kappa shape index (κ3) is 10.9. The van der Waals surface area contributed by atoms with Crippen molar-refractivity contribution in [1.82, 2.24) is 0 Å². The van der Waals surface area contributed by atoms with Gasteiger partial charge in [0.25, 0.3) is 0 Å². The molecule has 0 fully saturated rings. The van der Waals surface area contributed by atoms with E-state index in [0.717, 1.165) is 5.92 Å². The molecule has 1 heteroatoms. The molecule has 1 atom stereocenters. The summed E-state index contributed by atoms with van der Waals surface area (Å²) in [5, 5.41) is 0. The Labute approximate surface area is 172 Å². The quantitative estimate of drug-likeness (QED) is 0.306. The summed E-state index contributed by atoms with van der Waals surface area (Å²) in [6.07, 6.45) is 6.77. The van der Waals surface area contributed by atoms with Crippen LogP contribution in [0.5, 0.6) is 0 Å². The fraction of sp³-hybridized carbons (Fsp3) is 0.217. The van der Waals surface area contributed by atoms with E-state index in [1.54, 1.807) is 0 Å². The second-order valence-electron chi connectivity index (χ2n) is 5.08. The Hall–Kier alpha value is -0.820. The molecule has 0 aliphatic heterocycles. The van der Waals surface area contributed by atoms with Crippen molar-refractivity contribution in [1.29, 1.82) is 0 Å². The van der Waals surface area contributed by atoms with Crippen LogP contribution in [-0.2, 0) is 25.8 Å². The predicted octanol–water partition coefficient (Wildman–Crippen LogP) is 7.30. The van der Waals surface area contributed by atoms with Gasteiger partial charge < -0.3 is 37.1 Å². The minimum absolute atomic E-state index is 0. The van der Waals surface area contributed by atoms with Gasteiger partial charge in [0, 0.05) is 25.8 Å². The zero-order valence-electron chi connectivity index (χ0n) is 16.6. The van der Waals surface area contributed by atoms with E-state index in [0.29, 0.717) is 5.92 Å². The van der Waals surface area contributed by atoms with Crippen molar-refractivity contribution in [3.63, 3.8) is 0 Å². The zero-order chi connectivity index (χ0) is 12.8. The molecule has 3 rings (SSSR count). The molecular formula is C23H35Hf-7. The minimum Gasteiger partial charge on any atom is -0.358 e. The van der Waals surface area contributed by atoms with E-state index in [9.17, 15) is 0 Å². The van der Waals surface area contributed by atoms with E-state index in [2.05, 4.69) is 50.3 Å². The Bertz CT molecular complexity index is 463. The Morgan fingerprint density at radius 2 is 1.46 bits per heavy atom. The van der Waals surface area contributed by atoms with Crippen molar-refractivity contribution >= 4 is 6.08 Å². The maximum atomic E-state index is 3.43. The number of benzene rings is 1. The van der Waals surface area contributed by atoms with Crippen LogP contribution >= 0.6 is 0 Å². The van der Waals surface area contributed by atoms with Gasteiger partial charge in [0.15, 0.2) is 0 Å². The van der Waals surface area contributed by atoms with Crippen LogP contribution in [0.4, 0.5) is 0 Å². The molecule has 2 aromatic rings. The zero-order valence-corrected chi connectivity index (χ0v) is 20.2. The molecule has 0 saturated heterocycles. The largest absolute Gasteiger partial charge is 0.358 e. The molecule has 0 saturated carbocycles. The van der Waals surface area contributed by atoms with Crippen LogP contribution in [0.3, 0.4) is 0 Å². The van der Waals surface area contributed by atoms with Gasteiger partial charge >= 0.3 is 0 Å². The average Bonchev–Trinajstić information content (AvgIpc) is 3.02. The van der Waals surface area contributed by atoms with Crippen LogP contribution in [0, 0.1) is 49.1 Å². The van der Waals surface area contributed by atoms with Crippen LogP contribution in [0.25, 0.3) is 6.08 Å². The van der Waals surface area contributed by atoms with Gasteiger partial charge in [-0.05, 0) is 5.92 Å².